The highest BCUT2D eigenvalue weighted by molar-refractivity contribution is 5.81. The second-order valence-electron chi connectivity index (χ2n) is 5.56. The molecule has 0 fully saturated rings. The van der Waals surface area contributed by atoms with E-state index in [2.05, 4.69) is 5.32 Å². The first kappa shape index (κ1) is 18.6. The Balaban J connectivity index is 2.00. The number of benzene rings is 2. The van der Waals surface area contributed by atoms with Crippen LogP contribution in [0.2, 0.25) is 0 Å². The van der Waals surface area contributed by atoms with E-state index in [9.17, 15) is 9.18 Å². The standard InChI is InChI=1S/C19H22FNO4/c1-12(14-5-10-17(23-3)18(11-14)24-4)21-19(22)13(2)25-16-8-6-15(20)7-9-16/h5-13H,1-4H3,(H,21,22)/t12-,13+/m0/s1. The second-order valence-corrected chi connectivity index (χ2v) is 5.56. The van der Waals surface area contributed by atoms with Crippen molar-refractivity contribution in [1.29, 1.82) is 0 Å². The van der Waals surface area contributed by atoms with Crippen LogP contribution in [0.25, 0.3) is 0 Å². The third-order valence-electron chi connectivity index (χ3n) is 3.76. The van der Waals surface area contributed by atoms with Crippen LogP contribution < -0.4 is 19.5 Å². The molecule has 0 saturated heterocycles. The molecule has 0 bridgehead atoms. The predicted octanol–water partition coefficient (Wildman–Crippen LogP) is 3.49. The van der Waals surface area contributed by atoms with Gasteiger partial charge < -0.3 is 19.5 Å². The Labute approximate surface area is 146 Å². The van der Waals surface area contributed by atoms with Gasteiger partial charge in [-0.15, -0.1) is 0 Å². The van der Waals surface area contributed by atoms with Crippen LogP contribution in [-0.4, -0.2) is 26.2 Å². The fourth-order valence-electron chi connectivity index (χ4n) is 2.31. The molecule has 0 spiro atoms. The number of carbonyl (C=O) groups excluding carboxylic acids is 1. The maximum Gasteiger partial charge on any atom is 0.261 e. The van der Waals surface area contributed by atoms with Gasteiger partial charge in [0.1, 0.15) is 11.6 Å². The highest BCUT2D eigenvalue weighted by Crippen LogP contribution is 2.29. The highest BCUT2D eigenvalue weighted by Gasteiger charge is 2.18. The van der Waals surface area contributed by atoms with E-state index in [1.807, 2.05) is 19.1 Å². The lowest BCUT2D eigenvalue weighted by molar-refractivity contribution is -0.127. The highest BCUT2D eigenvalue weighted by atomic mass is 19.1. The summed E-state index contributed by atoms with van der Waals surface area (Å²) in [4.78, 5) is 12.3. The maximum absolute atomic E-state index is 12.9. The molecular formula is C19H22FNO4. The molecular weight excluding hydrogens is 325 g/mol. The lowest BCUT2D eigenvalue weighted by atomic mass is 10.1. The average Bonchev–Trinajstić information content (AvgIpc) is 2.62. The van der Waals surface area contributed by atoms with Crippen molar-refractivity contribution in [2.24, 2.45) is 0 Å². The van der Waals surface area contributed by atoms with Crippen LogP contribution in [0.1, 0.15) is 25.5 Å². The number of nitrogens with one attached hydrogen (secondary N) is 1. The van der Waals surface area contributed by atoms with E-state index in [1.165, 1.54) is 24.3 Å². The Kier molecular flexibility index (Phi) is 6.22. The normalized spacial score (nSPS) is 12.8. The number of methoxy groups -OCH3 is 2. The molecule has 25 heavy (non-hydrogen) atoms. The van der Waals surface area contributed by atoms with Gasteiger partial charge in [0.2, 0.25) is 0 Å². The van der Waals surface area contributed by atoms with Gasteiger partial charge in [-0.1, -0.05) is 6.07 Å². The molecule has 134 valence electrons. The molecule has 1 amide bonds. The van der Waals surface area contributed by atoms with Gasteiger partial charge in [-0.2, -0.15) is 0 Å². The maximum atomic E-state index is 12.9. The average molecular weight is 347 g/mol. The molecule has 5 nitrogen and oxygen atoms in total. The number of halogens is 1. The molecule has 0 unspecified atom stereocenters. The quantitative estimate of drug-likeness (QED) is 0.833. The van der Waals surface area contributed by atoms with Crippen molar-refractivity contribution in [3.8, 4) is 17.2 Å². The molecule has 0 aliphatic heterocycles. The van der Waals surface area contributed by atoms with Gasteiger partial charge in [0.15, 0.2) is 17.6 Å². The molecule has 1 N–H and O–H groups in total. The van der Waals surface area contributed by atoms with E-state index >= 15 is 0 Å². The van der Waals surface area contributed by atoms with Crippen molar-refractivity contribution in [1.82, 2.24) is 5.32 Å². The fraction of sp³-hybridized carbons (Fsp3) is 0.316. The van der Waals surface area contributed by atoms with Gasteiger partial charge in [0, 0.05) is 0 Å². The van der Waals surface area contributed by atoms with Crippen molar-refractivity contribution in [2.45, 2.75) is 26.0 Å². The fourth-order valence-corrected chi connectivity index (χ4v) is 2.31. The van der Waals surface area contributed by atoms with E-state index in [4.69, 9.17) is 14.2 Å². The number of amides is 1. The van der Waals surface area contributed by atoms with Crippen molar-refractivity contribution < 1.29 is 23.4 Å². The van der Waals surface area contributed by atoms with Crippen molar-refractivity contribution in [3.05, 3.63) is 53.8 Å². The van der Waals surface area contributed by atoms with E-state index in [0.717, 1.165) is 5.56 Å². The SMILES string of the molecule is COc1ccc([C@H](C)NC(=O)[C@@H](C)Oc2ccc(F)cc2)cc1OC. The molecule has 0 saturated carbocycles. The number of hydrogen-bond acceptors (Lipinski definition) is 4. The molecule has 0 radical (unpaired) electrons. The topological polar surface area (TPSA) is 56.8 Å². The van der Waals surface area contributed by atoms with Gasteiger partial charge in [-0.05, 0) is 55.8 Å². The zero-order chi connectivity index (χ0) is 18.4. The van der Waals surface area contributed by atoms with Crippen LogP contribution in [0.3, 0.4) is 0 Å². The number of rotatable bonds is 7. The minimum absolute atomic E-state index is 0.244. The molecule has 2 aromatic carbocycles. The zero-order valence-electron chi connectivity index (χ0n) is 14.7. The minimum Gasteiger partial charge on any atom is -0.493 e. The number of ether oxygens (including phenoxy) is 3. The first-order chi connectivity index (χ1) is 11.9. The second kappa shape index (κ2) is 8.37. The van der Waals surface area contributed by atoms with Gasteiger partial charge in [0.25, 0.3) is 5.91 Å². The van der Waals surface area contributed by atoms with E-state index < -0.39 is 6.10 Å². The smallest absolute Gasteiger partial charge is 0.261 e. The first-order valence-electron chi connectivity index (χ1n) is 7.89. The first-order valence-corrected chi connectivity index (χ1v) is 7.89. The Hall–Kier alpha value is -2.76. The van der Waals surface area contributed by atoms with E-state index in [0.29, 0.717) is 17.2 Å². The zero-order valence-corrected chi connectivity index (χ0v) is 14.7. The molecule has 0 aromatic heterocycles. The molecule has 6 heteroatoms. The summed E-state index contributed by atoms with van der Waals surface area (Å²) in [6, 6.07) is 10.8. The molecule has 0 aliphatic carbocycles. The van der Waals surface area contributed by atoms with Gasteiger partial charge in [-0.25, -0.2) is 4.39 Å². The molecule has 0 aliphatic rings. The van der Waals surface area contributed by atoms with Crippen molar-refractivity contribution >= 4 is 5.91 Å². The summed E-state index contributed by atoms with van der Waals surface area (Å²) in [6.07, 6.45) is -0.715. The van der Waals surface area contributed by atoms with Gasteiger partial charge in [0.05, 0.1) is 20.3 Å². The van der Waals surface area contributed by atoms with Gasteiger partial charge >= 0.3 is 0 Å². The Bertz CT molecular complexity index is 718. The van der Waals surface area contributed by atoms with Crippen LogP contribution in [0.5, 0.6) is 17.2 Å². The monoisotopic (exact) mass is 347 g/mol. The predicted molar refractivity (Wildman–Crippen MR) is 92.6 cm³/mol. The van der Waals surface area contributed by atoms with Crippen LogP contribution in [0, 0.1) is 5.82 Å². The Morgan fingerprint density at radius 2 is 1.64 bits per heavy atom. The van der Waals surface area contributed by atoms with Crippen molar-refractivity contribution in [2.75, 3.05) is 14.2 Å². The third-order valence-corrected chi connectivity index (χ3v) is 3.76. The summed E-state index contributed by atoms with van der Waals surface area (Å²) >= 11 is 0. The van der Waals surface area contributed by atoms with Crippen molar-refractivity contribution in [3.63, 3.8) is 0 Å². The number of carbonyl (C=O) groups is 1. The van der Waals surface area contributed by atoms with Gasteiger partial charge in [-0.3, -0.25) is 4.79 Å². The summed E-state index contributed by atoms with van der Waals surface area (Å²) in [6.45, 7) is 3.50. The lowest BCUT2D eigenvalue weighted by Gasteiger charge is -2.20. The summed E-state index contributed by atoms with van der Waals surface area (Å²) < 4.78 is 28.9. The summed E-state index contributed by atoms with van der Waals surface area (Å²) in [5.74, 6) is 1.02. The van der Waals surface area contributed by atoms with E-state index in [1.54, 1.807) is 27.2 Å². The molecule has 2 atom stereocenters. The third kappa shape index (κ3) is 4.86. The van der Waals surface area contributed by atoms with Crippen LogP contribution >= 0.6 is 0 Å². The Morgan fingerprint density at radius 3 is 2.24 bits per heavy atom. The van der Waals surface area contributed by atoms with Crippen LogP contribution in [0.15, 0.2) is 42.5 Å². The Morgan fingerprint density at radius 1 is 1.00 bits per heavy atom. The van der Waals surface area contributed by atoms with Crippen LogP contribution in [-0.2, 0) is 4.79 Å². The van der Waals surface area contributed by atoms with Crippen LogP contribution in [0.4, 0.5) is 4.39 Å². The molecule has 2 aromatic rings. The lowest BCUT2D eigenvalue weighted by Crippen LogP contribution is -2.37. The minimum atomic E-state index is -0.715. The largest absolute Gasteiger partial charge is 0.493 e. The van der Waals surface area contributed by atoms with E-state index in [-0.39, 0.29) is 17.8 Å². The summed E-state index contributed by atoms with van der Waals surface area (Å²) in [5.41, 5.74) is 0.875. The number of hydrogen-bond donors (Lipinski definition) is 1. The summed E-state index contributed by atoms with van der Waals surface area (Å²) in [7, 11) is 3.13. The molecule has 0 heterocycles. The summed E-state index contributed by atoms with van der Waals surface area (Å²) in [5, 5.41) is 2.88. The molecule has 2 rings (SSSR count).